The molecular weight excluding hydrogens is 144 g/mol. The second-order valence-electron chi connectivity index (χ2n) is 2.77. The highest BCUT2D eigenvalue weighted by Gasteiger charge is 2.36. The lowest BCUT2D eigenvalue weighted by atomic mass is 9.93. The first-order valence-electron chi connectivity index (χ1n) is 3.73. The Labute approximate surface area is 65.1 Å². The fourth-order valence-corrected chi connectivity index (χ4v) is 1.44. The van der Waals surface area contributed by atoms with Crippen LogP contribution in [0.2, 0.25) is 0 Å². The van der Waals surface area contributed by atoms with Crippen molar-refractivity contribution in [2.24, 2.45) is 17.6 Å². The molecule has 2 amide bonds. The molecule has 1 fully saturated rings. The van der Waals surface area contributed by atoms with Crippen LogP contribution >= 0.6 is 0 Å². The van der Waals surface area contributed by atoms with Gasteiger partial charge in [-0.25, -0.2) is 0 Å². The summed E-state index contributed by atoms with van der Waals surface area (Å²) in [5, 5.41) is 2.61. The molecule has 0 spiro atoms. The molecule has 0 bridgehead atoms. The maximum Gasteiger partial charge on any atom is 0.223 e. The molecule has 3 N–H and O–H groups in total. The summed E-state index contributed by atoms with van der Waals surface area (Å²) in [6, 6.07) is 0. The van der Waals surface area contributed by atoms with E-state index in [1.807, 2.05) is 6.92 Å². The highest BCUT2D eigenvalue weighted by Crippen LogP contribution is 2.20. The molecule has 1 heterocycles. The Balaban J connectivity index is 2.68. The van der Waals surface area contributed by atoms with Crippen molar-refractivity contribution in [3.8, 4) is 0 Å². The lowest BCUT2D eigenvalue weighted by Gasteiger charge is -2.09. The number of carbonyl (C=O) groups is 2. The molecule has 4 heteroatoms. The molecule has 2 unspecified atom stereocenters. The van der Waals surface area contributed by atoms with Crippen LogP contribution in [0.3, 0.4) is 0 Å². The summed E-state index contributed by atoms with van der Waals surface area (Å²) in [5.41, 5.74) is 5.09. The van der Waals surface area contributed by atoms with E-state index in [4.69, 9.17) is 5.73 Å². The molecule has 1 saturated heterocycles. The summed E-state index contributed by atoms with van der Waals surface area (Å²) in [6.45, 7) is 2.29. The summed E-state index contributed by atoms with van der Waals surface area (Å²) in [4.78, 5) is 21.7. The van der Waals surface area contributed by atoms with Crippen molar-refractivity contribution in [3.05, 3.63) is 0 Å². The molecule has 1 rings (SSSR count). The Kier molecular flexibility index (Phi) is 2.12. The van der Waals surface area contributed by atoms with Crippen molar-refractivity contribution in [3.63, 3.8) is 0 Å². The summed E-state index contributed by atoms with van der Waals surface area (Å²) >= 11 is 0. The highest BCUT2D eigenvalue weighted by atomic mass is 16.2. The molecule has 0 radical (unpaired) electrons. The summed E-state index contributed by atoms with van der Waals surface area (Å²) in [6.07, 6.45) is 0.680. The van der Waals surface area contributed by atoms with E-state index >= 15 is 0 Å². The molecule has 0 aromatic heterocycles. The number of nitrogens with one attached hydrogen (secondary N) is 1. The number of amides is 2. The largest absolute Gasteiger partial charge is 0.369 e. The molecule has 0 saturated carbocycles. The van der Waals surface area contributed by atoms with Crippen LogP contribution in [0.1, 0.15) is 13.3 Å². The normalized spacial score (nSPS) is 30.1. The molecule has 4 nitrogen and oxygen atoms in total. The van der Waals surface area contributed by atoms with Crippen LogP contribution in [0.5, 0.6) is 0 Å². The van der Waals surface area contributed by atoms with E-state index < -0.39 is 0 Å². The second-order valence-corrected chi connectivity index (χ2v) is 2.77. The van der Waals surface area contributed by atoms with E-state index in [0.29, 0.717) is 13.0 Å². The lowest BCUT2D eigenvalue weighted by molar-refractivity contribution is -0.128. The van der Waals surface area contributed by atoms with Gasteiger partial charge in [-0.3, -0.25) is 9.59 Å². The fourth-order valence-electron chi connectivity index (χ4n) is 1.44. The zero-order chi connectivity index (χ0) is 8.43. The summed E-state index contributed by atoms with van der Waals surface area (Å²) in [5.74, 6) is -0.925. The number of carbonyl (C=O) groups excluding carboxylic acids is 2. The van der Waals surface area contributed by atoms with Crippen molar-refractivity contribution in [2.75, 3.05) is 6.54 Å². The number of hydrogen-bond donors (Lipinski definition) is 2. The van der Waals surface area contributed by atoms with Crippen molar-refractivity contribution in [1.82, 2.24) is 5.32 Å². The van der Waals surface area contributed by atoms with Gasteiger partial charge >= 0.3 is 0 Å². The average molecular weight is 156 g/mol. The minimum Gasteiger partial charge on any atom is -0.369 e. The Morgan fingerprint density at radius 3 is 2.82 bits per heavy atom. The summed E-state index contributed by atoms with van der Waals surface area (Å²) in [7, 11) is 0. The third-order valence-electron chi connectivity index (χ3n) is 2.12. The third-order valence-corrected chi connectivity index (χ3v) is 2.12. The average Bonchev–Trinajstić information content (AvgIpc) is 2.30. The number of primary amides is 1. The van der Waals surface area contributed by atoms with Crippen molar-refractivity contribution >= 4 is 11.8 Å². The minimum absolute atomic E-state index is 0.0451. The first kappa shape index (κ1) is 8.04. The Hall–Kier alpha value is -1.06. The molecule has 0 aromatic rings. The highest BCUT2D eigenvalue weighted by molar-refractivity contribution is 5.90. The predicted molar refractivity (Wildman–Crippen MR) is 39.5 cm³/mol. The van der Waals surface area contributed by atoms with Gasteiger partial charge < -0.3 is 11.1 Å². The van der Waals surface area contributed by atoms with Crippen molar-refractivity contribution < 1.29 is 9.59 Å². The van der Waals surface area contributed by atoms with E-state index in [9.17, 15) is 9.59 Å². The second kappa shape index (κ2) is 2.90. The van der Waals surface area contributed by atoms with Crippen LogP contribution in [0.25, 0.3) is 0 Å². The van der Waals surface area contributed by atoms with Gasteiger partial charge in [0, 0.05) is 6.54 Å². The van der Waals surface area contributed by atoms with Crippen LogP contribution < -0.4 is 11.1 Å². The smallest absolute Gasteiger partial charge is 0.223 e. The molecular formula is C7H12N2O2. The Morgan fingerprint density at radius 1 is 1.82 bits per heavy atom. The monoisotopic (exact) mass is 156 g/mol. The maximum absolute atomic E-state index is 11.0. The van der Waals surface area contributed by atoms with Crippen LogP contribution in [-0.2, 0) is 9.59 Å². The van der Waals surface area contributed by atoms with Gasteiger partial charge in [0.2, 0.25) is 11.8 Å². The minimum atomic E-state index is -0.379. The topological polar surface area (TPSA) is 72.2 Å². The van der Waals surface area contributed by atoms with E-state index in [-0.39, 0.29) is 23.7 Å². The van der Waals surface area contributed by atoms with E-state index in [2.05, 4.69) is 5.32 Å². The lowest BCUT2D eigenvalue weighted by Crippen LogP contribution is -2.29. The molecule has 62 valence electrons. The molecule has 1 aliphatic rings. The van der Waals surface area contributed by atoms with Crippen LogP contribution in [0.4, 0.5) is 0 Å². The van der Waals surface area contributed by atoms with E-state index in [1.54, 1.807) is 0 Å². The summed E-state index contributed by atoms with van der Waals surface area (Å²) < 4.78 is 0. The van der Waals surface area contributed by atoms with Crippen molar-refractivity contribution in [1.29, 1.82) is 0 Å². The molecule has 0 aliphatic carbocycles. The third kappa shape index (κ3) is 1.34. The van der Waals surface area contributed by atoms with Gasteiger partial charge in [0.1, 0.15) is 0 Å². The first-order chi connectivity index (χ1) is 5.16. The standard InChI is InChI=1S/C7H12N2O2/c1-2-4-5(6(8)10)3-9-7(4)11/h4-5H,2-3H2,1H3,(H2,8,10)(H,9,11). The van der Waals surface area contributed by atoms with Gasteiger partial charge in [0.05, 0.1) is 11.8 Å². The molecule has 11 heavy (non-hydrogen) atoms. The fraction of sp³-hybridized carbons (Fsp3) is 0.714. The number of nitrogens with two attached hydrogens (primary N) is 1. The number of hydrogen-bond acceptors (Lipinski definition) is 2. The molecule has 1 aliphatic heterocycles. The van der Waals surface area contributed by atoms with Crippen LogP contribution in [0, 0.1) is 11.8 Å². The van der Waals surface area contributed by atoms with Gasteiger partial charge in [-0.2, -0.15) is 0 Å². The maximum atomic E-state index is 11.0. The van der Waals surface area contributed by atoms with Crippen LogP contribution in [-0.4, -0.2) is 18.4 Å². The van der Waals surface area contributed by atoms with Gasteiger partial charge in [0.25, 0.3) is 0 Å². The molecule has 2 atom stereocenters. The zero-order valence-corrected chi connectivity index (χ0v) is 6.46. The van der Waals surface area contributed by atoms with Gasteiger partial charge in [-0.1, -0.05) is 6.92 Å². The van der Waals surface area contributed by atoms with E-state index in [1.165, 1.54) is 0 Å². The van der Waals surface area contributed by atoms with E-state index in [0.717, 1.165) is 0 Å². The Morgan fingerprint density at radius 2 is 2.45 bits per heavy atom. The van der Waals surface area contributed by atoms with Crippen molar-refractivity contribution in [2.45, 2.75) is 13.3 Å². The van der Waals surface area contributed by atoms with Gasteiger partial charge in [-0.05, 0) is 6.42 Å². The first-order valence-corrected chi connectivity index (χ1v) is 3.73. The zero-order valence-electron chi connectivity index (χ0n) is 6.46. The van der Waals surface area contributed by atoms with Gasteiger partial charge in [-0.15, -0.1) is 0 Å². The predicted octanol–water partition coefficient (Wildman–Crippen LogP) is -0.756. The Bertz CT molecular complexity index is 191. The van der Waals surface area contributed by atoms with Crippen LogP contribution in [0.15, 0.2) is 0 Å². The molecule has 0 aromatic carbocycles. The SMILES string of the molecule is CCC1C(=O)NCC1C(N)=O. The van der Waals surface area contributed by atoms with Gasteiger partial charge in [0.15, 0.2) is 0 Å². The quantitative estimate of drug-likeness (QED) is 0.551. The number of rotatable bonds is 2.